The summed E-state index contributed by atoms with van der Waals surface area (Å²) < 4.78 is 12.9. The number of aliphatic hydroxyl groups is 1. The zero-order valence-corrected chi connectivity index (χ0v) is 12.8. The first-order chi connectivity index (χ1) is 10.5. The van der Waals surface area contributed by atoms with Crippen molar-refractivity contribution in [3.8, 4) is 0 Å². The summed E-state index contributed by atoms with van der Waals surface area (Å²) in [5.74, 6) is -0.492. The molecule has 0 saturated carbocycles. The number of nitrogens with one attached hydrogen (secondary N) is 2. The number of rotatable bonds is 4. The molecule has 0 radical (unpaired) electrons. The van der Waals surface area contributed by atoms with E-state index in [4.69, 9.17) is 23.2 Å². The summed E-state index contributed by atoms with van der Waals surface area (Å²) in [5, 5.41) is 15.6. The van der Waals surface area contributed by atoms with E-state index < -0.39 is 18.0 Å². The Morgan fingerprint density at radius 3 is 2.50 bits per heavy atom. The fourth-order valence-electron chi connectivity index (χ4n) is 1.75. The average Bonchev–Trinajstić information content (AvgIpc) is 2.48. The van der Waals surface area contributed by atoms with E-state index in [9.17, 15) is 14.3 Å². The van der Waals surface area contributed by atoms with Crippen molar-refractivity contribution in [2.45, 2.75) is 6.10 Å². The maximum atomic E-state index is 12.9. The fraction of sp³-hybridized carbons (Fsp3) is 0.133. The van der Waals surface area contributed by atoms with Gasteiger partial charge in [0.25, 0.3) is 0 Å². The molecule has 0 heterocycles. The molecule has 2 aromatic carbocycles. The maximum absolute atomic E-state index is 12.9. The van der Waals surface area contributed by atoms with Crippen LogP contribution in [0.4, 0.5) is 14.9 Å². The van der Waals surface area contributed by atoms with Crippen molar-refractivity contribution in [2.24, 2.45) is 0 Å². The van der Waals surface area contributed by atoms with Crippen molar-refractivity contribution < 1.29 is 14.3 Å². The van der Waals surface area contributed by atoms with E-state index in [-0.39, 0.29) is 17.3 Å². The van der Waals surface area contributed by atoms with Crippen LogP contribution in [-0.4, -0.2) is 17.7 Å². The monoisotopic (exact) mass is 342 g/mol. The molecule has 22 heavy (non-hydrogen) atoms. The van der Waals surface area contributed by atoms with Crippen molar-refractivity contribution in [2.75, 3.05) is 11.9 Å². The van der Waals surface area contributed by atoms with Gasteiger partial charge in [0.15, 0.2) is 0 Å². The van der Waals surface area contributed by atoms with Gasteiger partial charge in [0.2, 0.25) is 0 Å². The molecule has 116 valence electrons. The number of hydrogen-bond donors (Lipinski definition) is 3. The largest absolute Gasteiger partial charge is 0.387 e. The second-order valence-electron chi connectivity index (χ2n) is 4.53. The molecule has 4 nitrogen and oxygen atoms in total. The molecule has 0 saturated heterocycles. The highest BCUT2D eigenvalue weighted by molar-refractivity contribution is 6.33. The van der Waals surface area contributed by atoms with Crippen LogP contribution in [0.2, 0.25) is 10.0 Å². The second-order valence-corrected chi connectivity index (χ2v) is 5.37. The van der Waals surface area contributed by atoms with Crippen molar-refractivity contribution in [3.05, 3.63) is 63.9 Å². The molecular weight excluding hydrogens is 330 g/mol. The Morgan fingerprint density at radius 2 is 1.86 bits per heavy atom. The van der Waals surface area contributed by atoms with E-state index in [1.165, 1.54) is 12.1 Å². The SMILES string of the molecule is O=C(NCC(O)c1ccc(Cl)cc1)Nc1ccc(F)cc1Cl. The molecule has 0 aliphatic rings. The van der Waals surface area contributed by atoms with Crippen LogP contribution in [-0.2, 0) is 0 Å². The predicted molar refractivity (Wildman–Crippen MR) is 84.8 cm³/mol. The summed E-state index contributed by atoms with van der Waals surface area (Å²) in [6.07, 6.45) is -0.869. The van der Waals surface area contributed by atoms with Crippen LogP contribution in [0.15, 0.2) is 42.5 Å². The van der Waals surface area contributed by atoms with Gasteiger partial charge >= 0.3 is 6.03 Å². The van der Waals surface area contributed by atoms with Crippen LogP contribution >= 0.6 is 23.2 Å². The first-order valence-corrected chi connectivity index (χ1v) is 7.15. The molecule has 1 atom stereocenters. The lowest BCUT2D eigenvalue weighted by atomic mass is 10.1. The van der Waals surface area contributed by atoms with Gasteiger partial charge in [-0.1, -0.05) is 35.3 Å². The number of hydrogen-bond acceptors (Lipinski definition) is 2. The highest BCUT2D eigenvalue weighted by atomic mass is 35.5. The number of aliphatic hydroxyl groups excluding tert-OH is 1. The van der Waals surface area contributed by atoms with Crippen molar-refractivity contribution >= 4 is 34.9 Å². The zero-order valence-electron chi connectivity index (χ0n) is 11.3. The fourth-order valence-corrected chi connectivity index (χ4v) is 2.09. The highest BCUT2D eigenvalue weighted by Crippen LogP contribution is 2.22. The van der Waals surface area contributed by atoms with Crippen LogP contribution in [0.25, 0.3) is 0 Å². The minimum Gasteiger partial charge on any atom is -0.387 e. The van der Waals surface area contributed by atoms with Crippen molar-refractivity contribution in [3.63, 3.8) is 0 Å². The van der Waals surface area contributed by atoms with Gasteiger partial charge in [-0.25, -0.2) is 9.18 Å². The molecule has 0 bridgehead atoms. The lowest BCUT2D eigenvalue weighted by molar-refractivity contribution is 0.175. The van der Waals surface area contributed by atoms with E-state index in [1.54, 1.807) is 24.3 Å². The summed E-state index contributed by atoms with van der Waals surface area (Å²) >= 11 is 11.6. The van der Waals surface area contributed by atoms with Gasteiger partial charge in [-0.3, -0.25) is 0 Å². The Kier molecular flexibility index (Phi) is 5.60. The number of halogens is 3. The number of amides is 2. The van der Waals surface area contributed by atoms with Gasteiger partial charge in [-0.2, -0.15) is 0 Å². The van der Waals surface area contributed by atoms with Crippen LogP contribution < -0.4 is 10.6 Å². The number of carbonyl (C=O) groups excluding carboxylic acids is 1. The highest BCUT2D eigenvalue weighted by Gasteiger charge is 2.11. The molecule has 0 fully saturated rings. The van der Waals surface area contributed by atoms with Crippen molar-refractivity contribution in [1.29, 1.82) is 0 Å². The molecule has 7 heteroatoms. The molecule has 3 N–H and O–H groups in total. The zero-order chi connectivity index (χ0) is 16.1. The van der Waals surface area contributed by atoms with E-state index in [0.717, 1.165) is 6.07 Å². The normalized spacial score (nSPS) is 11.8. The van der Waals surface area contributed by atoms with E-state index >= 15 is 0 Å². The van der Waals surface area contributed by atoms with Gasteiger partial charge in [-0.05, 0) is 35.9 Å². The molecule has 2 aromatic rings. The summed E-state index contributed by atoms with van der Waals surface area (Å²) in [7, 11) is 0. The number of anilines is 1. The lowest BCUT2D eigenvalue weighted by Crippen LogP contribution is -2.32. The van der Waals surface area contributed by atoms with Crippen molar-refractivity contribution in [1.82, 2.24) is 5.32 Å². The minimum atomic E-state index is -0.869. The molecule has 0 aliphatic heterocycles. The Labute approximate surface area is 136 Å². The molecule has 0 aromatic heterocycles. The topological polar surface area (TPSA) is 61.4 Å². The molecule has 0 aliphatic carbocycles. The minimum absolute atomic E-state index is 0.00623. The van der Waals surface area contributed by atoms with Crippen LogP contribution in [0.3, 0.4) is 0 Å². The van der Waals surface area contributed by atoms with Gasteiger partial charge in [-0.15, -0.1) is 0 Å². The lowest BCUT2D eigenvalue weighted by Gasteiger charge is -2.13. The quantitative estimate of drug-likeness (QED) is 0.786. The third-order valence-corrected chi connectivity index (χ3v) is 3.45. The Morgan fingerprint density at radius 1 is 1.18 bits per heavy atom. The third-order valence-electron chi connectivity index (χ3n) is 2.89. The summed E-state index contributed by atoms with van der Waals surface area (Å²) in [5.41, 5.74) is 0.908. The number of urea groups is 1. The smallest absolute Gasteiger partial charge is 0.319 e. The summed E-state index contributed by atoms with van der Waals surface area (Å²) in [4.78, 5) is 11.7. The van der Waals surface area contributed by atoms with Gasteiger partial charge in [0, 0.05) is 11.6 Å². The Bertz CT molecular complexity index is 665. The predicted octanol–water partition coefficient (Wildman–Crippen LogP) is 3.99. The first kappa shape index (κ1) is 16.5. The van der Waals surface area contributed by atoms with Gasteiger partial charge in [0.1, 0.15) is 5.82 Å². The Hall–Kier alpha value is -1.82. The first-order valence-electron chi connectivity index (χ1n) is 6.39. The van der Waals surface area contributed by atoms with Gasteiger partial charge in [0.05, 0.1) is 16.8 Å². The van der Waals surface area contributed by atoms with Crippen LogP contribution in [0.1, 0.15) is 11.7 Å². The Balaban J connectivity index is 1.88. The van der Waals surface area contributed by atoms with Gasteiger partial charge < -0.3 is 15.7 Å². The second kappa shape index (κ2) is 7.45. The third kappa shape index (κ3) is 4.59. The number of carbonyl (C=O) groups is 1. The maximum Gasteiger partial charge on any atom is 0.319 e. The van der Waals surface area contributed by atoms with E-state index in [2.05, 4.69) is 10.6 Å². The summed E-state index contributed by atoms with van der Waals surface area (Å²) in [6, 6.07) is 9.72. The summed E-state index contributed by atoms with van der Waals surface area (Å²) in [6.45, 7) is 0.00623. The average molecular weight is 343 g/mol. The van der Waals surface area contributed by atoms with Crippen LogP contribution in [0, 0.1) is 5.82 Å². The van der Waals surface area contributed by atoms with E-state index in [1.807, 2.05) is 0 Å². The van der Waals surface area contributed by atoms with Crippen LogP contribution in [0.5, 0.6) is 0 Å². The molecule has 2 amide bonds. The molecule has 1 unspecified atom stereocenters. The van der Waals surface area contributed by atoms with E-state index in [0.29, 0.717) is 10.6 Å². The standard InChI is InChI=1S/C15H13Cl2FN2O2/c16-10-3-1-9(2-4-10)14(21)8-19-15(22)20-13-6-5-11(18)7-12(13)17/h1-7,14,21H,8H2,(H2,19,20,22). The molecule has 2 rings (SSSR count). The molecular formula is C15H13Cl2FN2O2. The number of benzene rings is 2. The molecule has 0 spiro atoms.